The predicted octanol–water partition coefficient (Wildman–Crippen LogP) is 3.30. The van der Waals surface area contributed by atoms with Crippen LogP contribution in [0.4, 0.5) is 9.59 Å². The molecule has 1 heterocycles. The lowest BCUT2D eigenvalue weighted by molar-refractivity contribution is -0.0516. The van der Waals surface area contributed by atoms with Gasteiger partial charge < -0.3 is 14.2 Å². The molecule has 0 bridgehead atoms. The molecule has 0 radical (unpaired) electrons. The molecule has 1 rings (SSSR count). The number of carbonyl (C=O) groups is 2. The van der Waals surface area contributed by atoms with Crippen molar-refractivity contribution in [2.75, 3.05) is 6.61 Å². The van der Waals surface area contributed by atoms with E-state index in [9.17, 15) is 9.59 Å². The third-order valence-electron chi connectivity index (χ3n) is 2.37. The molecule has 1 atom stereocenters. The Hall–Kier alpha value is -1.30. The van der Waals surface area contributed by atoms with Crippen LogP contribution in [0.25, 0.3) is 0 Å². The molecule has 1 aliphatic rings. The summed E-state index contributed by atoms with van der Waals surface area (Å²) in [6, 6.07) is 0. The summed E-state index contributed by atoms with van der Waals surface area (Å²) in [6.07, 6.45) is -0.692. The fourth-order valence-corrected chi connectivity index (χ4v) is 1.70. The summed E-state index contributed by atoms with van der Waals surface area (Å²) in [4.78, 5) is 25.3. The fraction of sp³-hybridized carbons (Fsp3) is 0.857. The Morgan fingerprint density at radius 2 is 1.45 bits per heavy atom. The highest BCUT2D eigenvalue weighted by Gasteiger charge is 2.38. The monoisotopic (exact) mass is 287 g/mol. The van der Waals surface area contributed by atoms with Crippen LogP contribution in [0, 0.1) is 0 Å². The van der Waals surface area contributed by atoms with Gasteiger partial charge in [0, 0.05) is 6.61 Å². The van der Waals surface area contributed by atoms with Gasteiger partial charge in [0.15, 0.2) is 0 Å². The van der Waals surface area contributed by atoms with E-state index in [0.29, 0.717) is 13.0 Å². The number of amides is 2. The van der Waals surface area contributed by atoms with Crippen LogP contribution in [0.1, 0.15) is 54.4 Å². The van der Waals surface area contributed by atoms with Crippen LogP contribution < -0.4 is 0 Å². The molecule has 6 nitrogen and oxygen atoms in total. The van der Waals surface area contributed by atoms with Gasteiger partial charge in [-0.1, -0.05) is 0 Å². The third kappa shape index (κ3) is 5.36. The van der Waals surface area contributed by atoms with Gasteiger partial charge in [-0.25, -0.2) is 9.59 Å². The van der Waals surface area contributed by atoms with Gasteiger partial charge in [0.25, 0.3) is 0 Å². The molecule has 0 N–H and O–H groups in total. The first kappa shape index (κ1) is 16.8. The molecule has 0 saturated carbocycles. The largest absolute Gasteiger partial charge is 0.443 e. The normalized spacial score (nSPS) is 19.6. The van der Waals surface area contributed by atoms with Crippen molar-refractivity contribution >= 4 is 12.2 Å². The van der Waals surface area contributed by atoms with E-state index < -0.39 is 29.6 Å². The Balaban J connectivity index is 2.85. The molecule has 0 spiro atoms. The van der Waals surface area contributed by atoms with Crippen molar-refractivity contribution in [2.24, 2.45) is 0 Å². The fourth-order valence-electron chi connectivity index (χ4n) is 1.70. The molecule has 0 aromatic heterocycles. The van der Waals surface area contributed by atoms with Crippen molar-refractivity contribution in [3.8, 4) is 0 Å². The molecular formula is C14H25NO5. The molecule has 1 unspecified atom stereocenters. The Kier molecular flexibility index (Phi) is 5.02. The van der Waals surface area contributed by atoms with Crippen LogP contribution in [0.5, 0.6) is 0 Å². The van der Waals surface area contributed by atoms with E-state index in [-0.39, 0.29) is 0 Å². The molecule has 0 aromatic rings. The van der Waals surface area contributed by atoms with E-state index >= 15 is 0 Å². The first-order valence-electron chi connectivity index (χ1n) is 6.86. The van der Waals surface area contributed by atoms with Gasteiger partial charge in [0.05, 0.1) is 0 Å². The Bertz CT molecular complexity index is 333. The summed E-state index contributed by atoms with van der Waals surface area (Å²) in [5.41, 5.74) is -1.37. The number of hydrogen-bond acceptors (Lipinski definition) is 5. The zero-order valence-electron chi connectivity index (χ0n) is 13.2. The van der Waals surface area contributed by atoms with Gasteiger partial charge >= 0.3 is 12.2 Å². The highest BCUT2D eigenvalue weighted by atomic mass is 16.6. The van der Waals surface area contributed by atoms with Crippen molar-refractivity contribution in [2.45, 2.75) is 71.8 Å². The third-order valence-corrected chi connectivity index (χ3v) is 2.37. The number of imide groups is 1. The highest BCUT2D eigenvalue weighted by Crippen LogP contribution is 2.22. The molecular weight excluding hydrogens is 262 g/mol. The molecule has 1 saturated heterocycles. The minimum absolute atomic E-state index is 0.521. The second-order valence-electron chi connectivity index (χ2n) is 6.80. The summed E-state index contributed by atoms with van der Waals surface area (Å²) in [6.45, 7) is 11.0. The SMILES string of the molecule is CC(C)(C)OC(=O)N(C(=O)OC(C)(C)C)C1CCCO1. The van der Waals surface area contributed by atoms with Crippen molar-refractivity contribution in [1.29, 1.82) is 0 Å². The highest BCUT2D eigenvalue weighted by molar-refractivity contribution is 5.88. The molecule has 20 heavy (non-hydrogen) atoms. The van der Waals surface area contributed by atoms with Gasteiger partial charge in [-0.05, 0) is 54.4 Å². The lowest BCUT2D eigenvalue weighted by Gasteiger charge is -2.31. The maximum absolute atomic E-state index is 12.2. The van der Waals surface area contributed by atoms with E-state index in [1.54, 1.807) is 41.5 Å². The quantitative estimate of drug-likeness (QED) is 0.740. The van der Waals surface area contributed by atoms with Crippen LogP contribution in [0.15, 0.2) is 0 Å². The molecule has 2 amide bonds. The van der Waals surface area contributed by atoms with E-state index in [0.717, 1.165) is 11.3 Å². The maximum Gasteiger partial charge on any atom is 0.422 e. The maximum atomic E-state index is 12.2. The van der Waals surface area contributed by atoms with E-state index in [1.165, 1.54) is 0 Å². The minimum atomic E-state index is -0.737. The smallest absolute Gasteiger partial charge is 0.422 e. The molecule has 0 aliphatic carbocycles. The zero-order valence-corrected chi connectivity index (χ0v) is 13.2. The van der Waals surface area contributed by atoms with E-state index in [1.807, 2.05) is 0 Å². The molecule has 1 fully saturated rings. The van der Waals surface area contributed by atoms with E-state index in [2.05, 4.69) is 0 Å². The number of rotatable bonds is 1. The second-order valence-corrected chi connectivity index (χ2v) is 6.80. The van der Waals surface area contributed by atoms with Crippen molar-refractivity contribution < 1.29 is 23.8 Å². The predicted molar refractivity (Wildman–Crippen MR) is 73.3 cm³/mol. The topological polar surface area (TPSA) is 65.1 Å². The Morgan fingerprint density at radius 3 is 1.75 bits per heavy atom. The summed E-state index contributed by atoms with van der Waals surface area (Å²) >= 11 is 0. The van der Waals surface area contributed by atoms with Gasteiger partial charge in [0.2, 0.25) is 0 Å². The van der Waals surface area contributed by atoms with Crippen LogP contribution in [0.3, 0.4) is 0 Å². The summed E-state index contributed by atoms with van der Waals surface area (Å²) < 4.78 is 15.9. The summed E-state index contributed by atoms with van der Waals surface area (Å²) in [5, 5.41) is 0. The second kappa shape index (κ2) is 5.99. The Labute approximate surface area is 120 Å². The molecule has 116 valence electrons. The van der Waals surface area contributed by atoms with Crippen molar-refractivity contribution in [3.63, 3.8) is 0 Å². The van der Waals surface area contributed by atoms with Gasteiger partial charge in [-0.2, -0.15) is 4.90 Å². The molecule has 6 heteroatoms. The summed E-state index contributed by atoms with van der Waals surface area (Å²) in [5.74, 6) is 0. The standard InChI is InChI=1S/C14H25NO5/c1-13(2,3)19-11(16)15(10-8-7-9-18-10)12(17)20-14(4,5)6/h10H,7-9H2,1-6H3. The van der Waals surface area contributed by atoms with Crippen molar-refractivity contribution in [1.82, 2.24) is 4.90 Å². The number of ether oxygens (including phenoxy) is 3. The summed E-state index contributed by atoms with van der Waals surface area (Å²) in [7, 11) is 0. The lowest BCUT2D eigenvalue weighted by atomic mass is 10.2. The van der Waals surface area contributed by atoms with Crippen LogP contribution >= 0.6 is 0 Å². The average molecular weight is 287 g/mol. The number of nitrogens with zero attached hydrogens (tertiary/aromatic N) is 1. The van der Waals surface area contributed by atoms with Gasteiger partial charge in [-0.15, -0.1) is 0 Å². The number of carbonyl (C=O) groups excluding carboxylic acids is 2. The molecule has 0 aromatic carbocycles. The molecule has 1 aliphatic heterocycles. The average Bonchev–Trinajstić information content (AvgIpc) is 2.64. The van der Waals surface area contributed by atoms with Gasteiger partial charge in [-0.3, -0.25) is 0 Å². The number of hydrogen-bond donors (Lipinski definition) is 0. The van der Waals surface area contributed by atoms with E-state index in [4.69, 9.17) is 14.2 Å². The van der Waals surface area contributed by atoms with Crippen LogP contribution in [-0.4, -0.2) is 41.1 Å². The first-order valence-corrected chi connectivity index (χ1v) is 6.86. The first-order chi connectivity index (χ1) is 8.99. The van der Waals surface area contributed by atoms with Crippen LogP contribution in [0.2, 0.25) is 0 Å². The Morgan fingerprint density at radius 1 is 1.00 bits per heavy atom. The lowest BCUT2D eigenvalue weighted by Crippen LogP contribution is -2.48. The minimum Gasteiger partial charge on any atom is -0.443 e. The van der Waals surface area contributed by atoms with Gasteiger partial charge in [0.1, 0.15) is 17.4 Å². The van der Waals surface area contributed by atoms with Crippen LogP contribution in [-0.2, 0) is 14.2 Å². The zero-order chi connectivity index (χ0) is 15.6. The van der Waals surface area contributed by atoms with Crippen molar-refractivity contribution in [3.05, 3.63) is 0 Å².